The average molecular weight is 525 g/mol. The largest absolute Gasteiger partial charge is 0.491 e. The molecule has 1 atom stereocenters. The van der Waals surface area contributed by atoms with Crippen molar-refractivity contribution in [1.29, 1.82) is 0 Å². The van der Waals surface area contributed by atoms with E-state index >= 15 is 0 Å². The maximum Gasteiger partial charge on any atom is 0.220 e. The summed E-state index contributed by atoms with van der Waals surface area (Å²) in [5, 5.41) is 3.16. The number of rotatable bonds is 12. The fraction of sp³-hybridized carbons (Fsp3) is 0.536. The van der Waals surface area contributed by atoms with E-state index in [1.54, 1.807) is 25.3 Å². The van der Waals surface area contributed by atoms with Crippen LogP contribution in [-0.4, -0.2) is 50.8 Å². The lowest BCUT2D eigenvalue weighted by Crippen LogP contribution is -2.38. The van der Waals surface area contributed by atoms with Gasteiger partial charge in [0.2, 0.25) is 5.91 Å². The Balaban J connectivity index is 0.00000456. The molecule has 0 spiro atoms. The molecule has 0 unspecified atom stereocenters. The Morgan fingerprint density at radius 2 is 1.72 bits per heavy atom. The van der Waals surface area contributed by atoms with Crippen molar-refractivity contribution < 1.29 is 23.0 Å². The molecule has 0 radical (unpaired) electrons. The Morgan fingerprint density at radius 3 is 2.36 bits per heavy atom. The summed E-state index contributed by atoms with van der Waals surface area (Å²) in [4.78, 5) is 15.2. The van der Waals surface area contributed by atoms with Crippen LogP contribution >= 0.6 is 12.4 Å². The third kappa shape index (κ3) is 9.34. The number of likely N-dealkylation sites (tertiary alicyclic amines) is 1. The van der Waals surface area contributed by atoms with Crippen LogP contribution in [0.2, 0.25) is 0 Å². The second-order valence-corrected chi connectivity index (χ2v) is 9.67. The Kier molecular flexibility index (Phi) is 12.6. The van der Waals surface area contributed by atoms with E-state index in [0.29, 0.717) is 31.3 Å². The van der Waals surface area contributed by atoms with E-state index in [1.807, 2.05) is 0 Å². The summed E-state index contributed by atoms with van der Waals surface area (Å²) in [6.07, 6.45) is 3.23. The summed E-state index contributed by atoms with van der Waals surface area (Å²) in [7, 11) is 1.61. The topological polar surface area (TPSA) is 50.8 Å². The summed E-state index contributed by atoms with van der Waals surface area (Å²) < 4.78 is 37.7. The minimum absolute atomic E-state index is 0. The summed E-state index contributed by atoms with van der Waals surface area (Å²) in [6.45, 7) is 7.70. The normalized spacial score (nSPS) is 15.4. The fourth-order valence-electron chi connectivity index (χ4n) is 4.60. The number of hydrogen-bond acceptors (Lipinski definition) is 4. The third-order valence-electron chi connectivity index (χ3n) is 6.67. The standard InChI is InChI=1S/C28H38F2N2O3.ClH/c1-20(2)28(23-5-7-24(29)8-6-23)31-27(33)18-21-10-13-32(14-11-21)15-12-22-4-9-25(30)19-26(22)35-17-16-34-3;/h4-9,19-21,28H,10-18H2,1-3H3,(H,31,33);1H/t28-;/m1./s1. The zero-order valence-electron chi connectivity index (χ0n) is 21.5. The van der Waals surface area contributed by atoms with Gasteiger partial charge in [-0.05, 0) is 73.5 Å². The highest BCUT2D eigenvalue weighted by molar-refractivity contribution is 5.85. The second kappa shape index (κ2) is 15.1. The fourth-order valence-corrected chi connectivity index (χ4v) is 4.60. The molecule has 1 fully saturated rings. The number of methoxy groups -OCH3 is 1. The van der Waals surface area contributed by atoms with E-state index in [9.17, 15) is 13.6 Å². The van der Waals surface area contributed by atoms with E-state index in [-0.39, 0.29) is 41.9 Å². The van der Waals surface area contributed by atoms with Crippen molar-refractivity contribution in [2.24, 2.45) is 11.8 Å². The average Bonchev–Trinajstić information content (AvgIpc) is 2.83. The molecule has 0 aliphatic carbocycles. The van der Waals surface area contributed by atoms with Crippen LogP contribution in [0, 0.1) is 23.5 Å². The molecule has 2 aromatic carbocycles. The van der Waals surface area contributed by atoms with E-state index in [0.717, 1.165) is 50.0 Å². The zero-order valence-corrected chi connectivity index (χ0v) is 22.3. The van der Waals surface area contributed by atoms with Crippen LogP contribution < -0.4 is 10.1 Å². The number of halogens is 3. The number of nitrogens with zero attached hydrogens (tertiary/aromatic N) is 1. The van der Waals surface area contributed by atoms with Crippen molar-refractivity contribution in [3.63, 3.8) is 0 Å². The second-order valence-electron chi connectivity index (χ2n) is 9.67. The number of carbonyl (C=O) groups excluding carboxylic acids is 1. The Bertz CT molecular complexity index is 935. The first-order valence-electron chi connectivity index (χ1n) is 12.5. The van der Waals surface area contributed by atoms with E-state index in [1.165, 1.54) is 24.3 Å². The van der Waals surface area contributed by atoms with Gasteiger partial charge in [-0.15, -0.1) is 12.4 Å². The van der Waals surface area contributed by atoms with Crippen molar-refractivity contribution in [1.82, 2.24) is 10.2 Å². The predicted molar refractivity (Wildman–Crippen MR) is 141 cm³/mol. The summed E-state index contributed by atoms with van der Waals surface area (Å²) in [6, 6.07) is 10.9. The molecule has 1 heterocycles. The number of hydrogen-bond donors (Lipinski definition) is 1. The molecular formula is C28H39ClF2N2O3. The molecule has 1 saturated heterocycles. The first-order valence-corrected chi connectivity index (χ1v) is 12.5. The minimum Gasteiger partial charge on any atom is -0.491 e. The van der Waals surface area contributed by atoms with Gasteiger partial charge in [-0.3, -0.25) is 4.79 Å². The van der Waals surface area contributed by atoms with Crippen LogP contribution in [-0.2, 0) is 16.0 Å². The van der Waals surface area contributed by atoms with Gasteiger partial charge in [-0.1, -0.05) is 32.0 Å². The van der Waals surface area contributed by atoms with Crippen molar-refractivity contribution in [3.8, 4) is 5.75 Å². The molecule has 200 valence electrons. The summed E-state index contributed by atoms with van der Waals surface area (Å²) in [5.74, 6) is 0.611. The molecule has 5 nitrogen and oxygen atoms in total. The summed E-state index contributed by atoms with van der Waals surface area (Å²) in [5.41, 5.74) is 1.92. The SMILES string of the molecule is COCCOc1cc(F)ccc1CCN1CCC(CC(=O)N[C@@H](c2ccc(F)cc2)C(C)C)CC1.Cl. The van der Waals surface area contributed by atoms with Crippen LogP contribution in [0.4, 0.5) is 8.78 Å². The van der Waals surface area contributed by atoms with E-state index in [2.05, 4.69) is 24.1 Å². The van der Waals surface area contributed by atoms with Gasteiger partial charge in [0, 0.05) is 26.1 Å². The number of piperidine rings is 1. The van der Waals surface area contributed by atoms with Crippen LogP contribution in [0.25, 0.3) is 0 Å². The molecule has 0 aromatic heterocycles. The van der Waals surface area contributed by atoms with Crippen molar-refractivity contribution in [2.75, 3.05) is 40.0 Å². The summed E-state index contributed by atoms with van der Waals surface area (Å²) >= 11 is 0. The number of carbonyl (C=O) groups is 1. The number of benzene rings is 2. The highest BCUT2D eigenvalue weighted by atomic mass is 35.5. The Hall–Kier alpha value is -2.22. The van der Waals surface area contributed by atoms with Crippen molar-refractivity contribution in [3.05, 3.63) is 65.2 Å². The molecule has 3 rings (SSSR count). The minimum atomic E-state index is -0.306. The van der Waals surface area contributed by atoms with Crippen molar-refractivity contribution in [2.45, 2.75) is 45.6 Å². The number of ether oxygens (including phenoxy) is 2. The van der Waals surface area contributed by atoms with Gasteiger partial charge in [0.15, 0.2) is 0 Å². The maximum atomic E-state index is 13.7. The van der Waals surface area contributed by atoms with Gasteiger partial charge in [0.1, 0.15) is 24.0 Å². The molecule has 8 heteroatoms. The number of nitrogens with one attached hydrogen (secondary N) is 1. The van der Waals surface area contributed by atoms with Gasteiger partial charge in [0.05, 0.1) is 12.6 Å². The van der Waals surface area contributed by atoms with Gasteiger partial charge >= 0.3 is 0 Å². The van der Waals surface area contributed by atoms with E-state index in [4.69, 9.17) is 9.47 Å². The van der Waals surface area contributed by atoms with E-state index < -0.39 is 0 Å². The smallest absolute Gasteiger partial charge is 0.220 e. The molecule has 36 heavy (non-hydrogen) atoms. The van der Waals surface area contributed by atoms with Crippen LogP contribution in [0.15, 0.2) is 42.5 Å². The van der Waals surface area contributed by atoms with Gasteiger partial charge in [-0.25, -0.2) is 8.78 Å². The maximum absolute atomic E-state index is 13.7. The monoisotopic (exact) mass is 524 g/mol. The molecule has 1 aliphatic rings. The molecule has 0 saturated carbocycles. The lowest BCUT2D eigenvalue weighted by atomic mass is 9.91. The third-order valence-corrected chi connectivity index (χ3v) is 6.67. The van der Waals surface area contributed by atoms with Crippen molar-refractivity contribution >= 4 is 18.3 Å². The first-order chi connectivity index (χ1) is 16.9. The van der Waals surface area contributed by atoms with Crippen LogP contribution in [0.3, 0.4) is 0 Å². The van der Waals surface area contributed by atoms with Crippen LogP contribution in [0.1, 0.15) is 50.3 Å². The lowest BCUT2D eigenvalue weighted by molar-refractivity contribution is -0.123. The molecule has 0 bridgehead atoms. The molecule has 1 amide bonds. The zero-order chi connectivity index (χ0) is 25.2. The van der Waals surface area contributed by atoms with Gasteiger partial charge in [0.25, 0.3) is 0 Å². The Labute approximate surface area is 220 Å². The number of amides is 1. The molecule has 1 aliphatic heterocycles. The highest BCUT2D eigenvalue weighted by Gasteiger charge is 2.24. The molecule has 2 aromatic rings. The van der Waals surface area contributed by atoms with Gasteiger partial charge in [-0.2, -0.15) is 0 Å². The highest BCUT2D eigenvalue weighted by Crippen LogP contribution is 2.26. The lowest BCUT2D eigenvalue weighted by Gasteiger charge is -2.32. The predicted octanol–water partition coefficient (Wildman–Crippen LogP) is 5.57. The molecule has 1 N–H and O–H groups in total. The van der Waals surface area contributed by atoms with Gasteiger partial charge < -0.3 is 19.7 Å². The Morgan fingerprint density at radius 1 is 1.06 bits per heavy atom. The molecular weight excluding hydrogens is 486 g/mol. The quantitative estimate of drug-likeness (QED) is 0.369. The van der Waals surface area contributed by atoms with Crippen LogP contribution in [0.5, 0.6) is 5.75 Å². The first kappa shape index (κ1) is 30.0.